The number of hydrogen-bond acceptors (Lipinski definition) is 8. The van der Waals surface area contributed by atoms with Gasteiger partial charge in [-0.2, -0.15) is 12.6 Å². The van der Waals surface area contributed by atoms with Gasteiger partial charge in [0, 0.05) is 12.3 Å². The summed E-state index contributed by atoms with van der Waals surface area (Å²) in [7, 11) is 0. The zero-order valence-electron chi connectivity index (χ0n) is 18.4. The fourth-order valence-electron chi connectivity index (χ4n) is 2.45. The molecule has 0 aromatic carbocycles. The molecule has 184 valence electrons. The number of rotatable bonds is 14. The van der Waals surface area contributed by atoms with Gasteiger partial charge in [-0.25, -0.2) is 4.79 Å². The van der Waals surface area contributed by atoms with E-state index in [1.165, 1.54) is 6.92 Å². The molecular formula is C18H35N7O6S. The van der Waals surface area contributed by atoms with Crippen molar-refractivity contribution in [3.8, 4) is 0 Å². The number of guanidine groups is 1. The summed E-state index contributed by atoms with van der Waals surface area (Å²) in [5.41, 5.74) is 16.4. The van der Waals surface area contributed by atoms with Gasteiger partial charge in [0.1, 0.15) is 12.1 Å². The number of carbonyl (C=O) groups excluding carboxylic acids is 3. The number of carboxylic acids is 1. The first-order valence-electron chi connectivity index (χ1n) is 10.1. The van der Waals surface area contributed by atoms with Crippen molar-refractivity contribution in [1.29, 1.82) is 0 Å². The predicted molar refractivity (Wildman–Crippen MR) is 122 cm³/mol. The van der Waals surface area contributed by atoms with E-state index < -0.39 is 54.0 Å². The molecule has 13 nitrogen and oxygen atoms in total. The second kappa shape index (κ2) is 14.5. The fourth-order valence-corrected chi connectivity index (χ4v) is 2.71. The number of nitrogens with two attached hydrogens (primary N) is 3. The maximum Gasteiger partial charge on any atom is 0.328 e. The summed E-state index contributed by atoms with van der Waals surface area (Å²) < 4.78 is 0. The third kappa shape index (κ3) is 10.6. The second-order valence-electron chi connectivity index (χ2n) is 7.59. The van der Waals surface area contributed by atoms with Crippen LogP contribution in [0.5, 0.6) is 0 Å². The van der Waals surface area contributed by atoms with E-state index in [9.17, 15) is 24.3 Å². The fraction of sp³-hybridized carbons (Fsp3) is 0.722. The first-order chi connectivity index (χ1) is 14.8. The van der Waals surface area contributed by atoms with Crippen molar-refractivity contribution < 1.29 is 29.4 Å². The van der Waals surface area contributed by atoms with Crippen LogP contribution in [0.1, 0.15) is 33.6 Å². The first kappa shape index (κ1) is 29.4. The molecule has 0 aromatic rings. The van der Waals surface area contributed by atoms with Crippen LogP contribution in [0.4, 0.5) is 0 Å². The van der Waals surface area contributed by atoms with E-state index in [0.717, 1.165) is 0 Å². The van der Waals surface area contributed by atoms with Gasteiger partial charge >= 0.3 is 5.97 Å². The third-order valence-corrected chi connectivity index (χ3v) is 4.83. The van der Waals surface area contributed by atoms with Crippen molar-refractivity contribution in [2.24, 2.45) is 28.1 Å². The minimum Gasteiger partial charge on any atom is -0.480 e. The maximum atomic E-state index is 12.8. The Morgan fingerprint density at radius 2 is 1.50 bits per heavy atom. The van der Waals surface area contributed by atoms with E-state index in [1.54, 1.807) is 13.8 Å². The van der Waals surface area contributed by atoms with Crippen molar-refractivity contribution >= 4 is 42.3 Å². The van der Waals surface area contributed by atoms with Crippen LogP contribution < -0.4 is 33.2 Å². The summed E-state index contributed by atoms with van der Waals surface area (Å²) in [6.07, 6.45) is -0.882. The normalized spacial score (nSPS) is 15.6. The topological polar surface area (TPSA) is 235 Å². The molecule has 5 atom stereocenters. The Bertz CT molecular complexity index is 685. The summed E-state index contributed by atoms with van der Waals surface area (Å²) in [4.78, 5) is 52.6. The van der Waals surface area contributed by atoms with Gasteiger partial charge in [-0.3, -0.25) is 19.4 Å². The molecule has 0 spiro atoms. The highest BCUT2D eigenvalue weighted by atomic mass is 32.1. The molecule has 3 amide bonds. The molecule has 0 fully saturated rings. The van der Waals surface area contributed by atoms with Gasteiger partial charge in [-0.05, 0) is 25.7 Å². The van der Waals surface area contributed by atoms with E-state index >= 15 is 0 Å². The maximum absolute atomic E-state index is 12.8. The van der Waals surface area contributed by atoms with Crippen LogP contribution in [-0.4, -0.2) is 82.4 Å². The molecule has 0 saturated carbocycles. The molecule has 5 unspecified atom stereocenters. The molecule has 0 aliphatic heterocycles. The molecular weight excluding hydrogens is 442 g/mol. The molecule has 0 aliphatic carbocycles. The number of aliphatic carboxylic acids is 1. The lowest BCUT2D eigenvalue weighted by Gasteiger charge is -2.25. The lowest BCUT2D eigenvalue weighted by molar-refractivity contribution is -0.145. The summed E-state index contributed by atoms with van der Waals surface area (Å²) in [6, 6.07) is -4.69. The Kier molecular flexibility index (Phi) is 13.3. The zero-order valence-corrected chi connectivity index (χ0v) is 19.3. The number of nitrogens with zero attached hydrogens (tertiary/aromatic N) is 1. The smallest absolute Gasteiger partial charge is 0.328 e. The van der Waals surface area contributed by atoms with Gasteiger partial charge in [0.05, 0.1) is 12.1 Å². The van der Waals surface area contributed by atoms with Gasteiger partial charge in [0.15, 0.2) is 12.0 Å². The minimum absolute atomic E-state index is 0.116. The highest BCUT2D eigenvalue weighted by molar-refractivity contribution is 7.80. The van der Waals surface area contributed by atoms with Gasteiger partial charge < -0.3 is 43.4 Å². The molecule has 14 heteroatoms. The van der Waals surface area contributed by atoms with Crippen LogP contribution in [0.15, 0.2) is 4.99 Å². The zero-order chi connectivity index (χ0) is 25.0. The molecule has 11 N–H and O–H groups in total. The number of hydrogen-bond donors (Lipinski definition) is 9. The SMILES string of the molecule is CC(C)C(N)C(=O)NC(CCCN=C(N)N)C(=O)NC(CS)C(=O)NC(C(=O)O)C(C)O. The number of carbonyl (C=O) groups is 4. The van der Waals surface area contributed by atoms with Crippen molar-refractivity contribution in [3.63, 3.8) is 0 Å². The van der Waals surface area contributed by atoms with E-state index in [0.29, 0.717) is 6.42 Å². The number of aliphatic hydroxyl groups excluding tert-OH is 1. The molecule has 32 heavy (non-hydrogen) atoms. The molecule has 0 bridgehead atoms. The van der Waals surface area contributed by atoms with Crippen molar-refractivity contribution in [2.45, 2.75) is 63.9 Å². The minimum atomic E-state index is -1.57. The van der Waals surface area contributed by atoms with Crippen LogP contribution in [0.3, 0.4) is 0 Å². The average Bonchev–Trinajstić information content (AvgIpc) is 2.70. The van der Waals surface area contributed by atoms with Crippen LogP contribution >= 0.6 is 12.6 Å². The van der Waals surface area contributed by atoms with Crippen LogP contribution in [0.25, 0.3) is 0 Å². The van der Waals surface area contributed by atoms with Crippen LogP contribution in [-0.2, 0) is 19.2 Å². The highest BCUT2D eigenvalue weighted by Crippen LogP contribution is 2.04. The Hall–Kier alpha value is -2.58. The molecule has 0 radical (unpaired) electrons. The Labute approximate surface area is 192 Å². The quantitative estimate of drug-likeness (QED) is 0.0531. The van der Waals surface area contributed by atoms with E-state index in [-0.39, 0.29) is 30.6 Å². The number of aliphatic imine (C=N–C) groups is 1. The molecule has 0 rings (SSSR count). The van der Waals surface area contributed by atoms with E-state index in [4.69, 9.17) is 22.3 Å². The lowest BCUT2D eigenvalue weighted by atomic mass is 10.0. The van der Waals surface area contributed by atoms with Crippen LogP contribution in [0, 0.1) is 5.92 Å². The van der Waals surface area contributed by atoms with Gasteiger partial charge in [-0.1, -0.05) is 13.8 Å². The average molecular weight is 478 g/mol. The molecule has 0 aromatic heterocycles. The Morgan fingerprint density at radius 1 is 0.969 bits per heavy atom. The van der Waals surface area contributed by atoms with Crippen LogP contribution in [0.2, 0.25) is 0 Å². The lowest BCUT2D eigenvalue weighted by Crippen LogP contribution is -2.59. The Morgan fingerprint density at radius 3 is 1.94 bits per heavy atom. The number of nitrogens with one attached hydrogen (secondary N) is 3. The van der Waals surface area contributed by atoms with Crippen molar-refractivity contribution in [1.82, 2.24) is 16.0 Å². The number of aliphatic hydroxyl groups is 1. The van der Waals surface area contributed by atoms with Crippen molar-refractivity contribution in [2.75, 3.05) is 12.3 Å². The number of amides is 3. The molecule has 0 aliphatic rings. The molecule has 0 saturated heterocycles. The number of carboxylic acid groups (broad SMARTS) is 1. The largest absolute Gasteiger partial charge is 0.480 e. The van der Waals surface area contributed by atoms with Crippen molar-refractivity contribution in [3.05, 3.63) is 0 Å². The highest BCUT2D eigenvalue weighted by Gasteiger charge is 2.31. The molecule has 0 heterocycles. The predicted octanol–water partition coefficient (Wildman–Crippen LogP) is -3.13. The summed E-state index contributed by atoms with van der Waals surface area (Å²) in [5.74, 6) is -3.99. The second-order valence-corrected chi connectivity index (χ2v) is 7.95. The van der Waals surface area contributed by atoms with Gasteiger partial charge in [-0.15, -0.1) is 0 Å². The van der Waals surface area contributed by atoms with E-state index in [2.05, 4.69) is 33.6 Å². The Balaban J connectivity index is 5.34. The number of thiol groups is 1. The first-order valence-corrected chi connectivity index (χ1v) is 10.7. The monoisotopic (exact) mass is 477 g/mol. The van der Waals surface area contributed by atoms with Gasteiger partial charge in [0.25, 0.3) is 0 Å². The summed E-state index contributed by atoms with van der Waals surface area (Å²) in [6.45, 7) is 4.91. The summed E-state index contributed by atoms with van der Waals surface area (Å²) >= 11 is 4.02. The third-order valence-electron chi connectivity index (χ3n) is 4.46. The van der Waals surface area contributed by atoms with Gasteiger partial charge in [0.2, 0.25) is 17.7 Å². The van der Waals surface area contributed by atoms with E-state index in [1.807, 2.05) is 0 Å². The summed E-state index contributed by atoms with van der Waals surface area (Å²) in [5, 5.41) is 25.8. The standard InChI is InChI=1S/C18H35N7O6S/c1-8(2)12(19)16(29)23-10(5-4-6-22-18(20)21)14(27)24-11(7-32)15(28)25-13(9(3)26)17(30)31/h8-13,26,32H,4-7,19H2,1-3H3,(H,23,29)(H,24,27)(H,25,28)(H,30,31)(H4,20,21,22).